The minimum atomic E-state index is 0.107. The van der Waals surface area contributed by atoms with E-state index < -0.39 is 0 Å². The number of carbonyl (C=O) groups excluding carboxylic acids is 1. The Balaban J connectivity index is 1.42. The van der Waals surface area contributed by atoms with Crippen molar-refractivity contribution < 1.29 is 4.79 Å². The van der Waals surface area contributed by atoms with Gasteiger partial charge in [-0.25, -0.2) is 9.67 Å². The molecule has 0 N–H and O–H groups in total. The van der Waals surface area contributed by atoms with Gasteiger partial charge in [0, 0.05) is 49.5 Å². The predicted octanol–water partition coefficient (Wildman–Crippen LogP) is 3.85. The van der Waals surface area contributed by atoms with E-state index in [2.05, 4.69) is 48.1 Å². The lowest BCUT2D eigenvalue weighted by Crippen LogP contribution is -2.48. The summed E-state index contributed by atoms with van der Waals surface area (Å²) in [6.07, 6.45) is 4.14. The van der Waals surface area contributed by atoms with E-state index in [1.165, 1.54) is 5.69 Å². The fourth-order valence-electron chi connectivity index (χ4n) is 4.16. The molecule has 0 spiro atoms. The van der Waals surface area contributed by atoms with Gasteiger partial charge in [-0.3, -0.25) is 4.79 Å². The molecule has 3 heterocycles. The van der Waals surface area contributed by atoms with Gasteiger partial charge in [0.05, 0.1) is 17.1 Å². The van der Waals surface area contributed by atoms with Gasteiger partial charge in [-0.2, -0.15) is 5.10 Å². The highest BCUT2D eigenvalue weighted by atomic mass is 16.2. The van der Waals surface area contributed by atoms with E-state index in [1.54, 1.807) is 0 Å². The summed E-state index contributed by atoms with van der Waals surface area (Å²) in [5, 5.41) is 5.40. The van der Waals surface area contributed by atoms with E-state index >= 15 is 0 Å². The maximum absolute atomic E-state index is 13.5. The molecular formula is C23H27N5O. The van der Waals surface area contributed by atoms with Crippen LogP contribution in [0.15, 0.2) is 42.6 Å². The van der Waals surface area contributed by atoms with Crippen LogP contribution < -0.4 is 4.90 Å². The van der Waals surface area contributed by atoms with E-state index in [-0.39, 0.29) is 11.9 Å². The molecule has 1 saturated heterocycles. The number of carbonyl (C=O) groups is 1. The molecule has 2 aromatic heterocycles. The summed E-state index contributed by atoms with van der Waals surface area (Å²) in [6.45, 7) is 7.36. The summed E-state index contributed by atoms with van der Waals surface area (Å²) < 4.78 is 1.94. The predicted molar refractivity (Wildman–Crippen MR) is 114 cm³/mol. The van der Waals surface area contributed by atoms with E-state index in [1.807, 2.05) is 27.9 Å². The van der Waals surface area contributed by atoms with Crippen LogP contribution in [-0.4, -0.2) is 51.8 Å². The average molecular weight is 390 g/mol. The molecule has 1 aliphatic carbocycles. The van der Waals surface area contributed by atoms with Crippen molar-refractivity contribution in [1.82, 2.24) is 19.7 Å². The molecule has 150 valence electrons. The fourth-order valence-corrected chi connectivity index (χ4v) is 4.16. The van der Waals surface area contributed by atoms with Gasteiger partial charge in [-0.15, -0.1) is 0 Å². The summed E-state index contributed by atoms with van der Waals surface area (Å²) in [4.78, 5) is 22.7. The Hall–Kier alpha value is -2.89. The van der Waals surface area contributed by atoms with Gasteiger partial charge in [-0.1, -0.05) is 18.2 Å². The minimum Gasteiger partial charge on any atom is -0.368 e. The van der Waals surface area contributed by atoms with Crippen molar-refractivity contribution in [3.05, 3.63) is 53.9 Å². The molecule has 29 heavy (non-hydrogen) atoms. The molecule has 6 nitrogen and oxygen atoms in total. The molecule has 1 aliphatic heterocycles. The Kier molecular flexibility index (Phi) is 4.49. The first-order chi connectivity index (χ1) is 14.1. The number of fused-ring (bicyclic) bond motifs is 1. The van der Waals surface area contributed by atoms with Crippen LogP contribution in [0, 0.1) is 0 Å². The number of benzene rings is 1. The van der Waals surface area contributed by atoms with Crippen molar-refractivity contribution in [1.29, 1.82) is 0 Å². The molecule has 2 fully saturated rings. The van der Waals surface area contributed by atoms with E-state index in [4.69, 9.17) is 4.98 Å². The number of hydrogen-bond donors (Lipinski definition) is 0. The number of amides is 1. The van der Waals surface area contributed by atoms with Crippen LogP contribution in [0.25, 0.3) is 11.0 Å². The maximum Gasteiger partial charge on any atom is 0.254 e. The number of rotatable bonds is 4. The molecule has 0 bridgehead atoms. The van der Waals surface area contributed by atoms with Crippen LogP contribution in [0.1, 0.15) is 54.7 Å². The SMILES string of the molecule is CC(C)n1ncc2c(C(=O)N3CCN(c4ccccc4)CC3)cc(C3CC3)nc21. The van der Waals surface area contributed by atoms with Crippen LogP contribution in [0.3, 0.4) is 0 Å². The highest BCUT2D eigenvalue weighted by Crippen LogP contribution is 2.40. The van der Waals surface area contributed by atoms with Gasteiger partial charge in [0.25, 0.3) is 5.91 Å². The normalized spacial score (nSPS) is 17.3. The number of piperazine rings is 1. The summed E-state index contributed by atoms with van der Waals surface area (Å²) in [5.74, 6) is 0.603. The van der Waals surface area contributed by atoms with Crippen LogP contribution >= 0.6 is 0 Å². The third-order valence-corrected chi connectivity index (χ3v) is 5.99. The van der Waals surface area contributed by atoms with E-state index in [0.29, 0.717) is 5.92 Å². The molecule has 3 aromatic rings. The zero-order valence-electron chi connectivity index (χ0n) is 17.1. The van der Waals surface area contributed by atoms with Crippen LogP contribution in [0.2, 0.25) is 0 Å². The van der Waals surface area contributed by atoms with Gasteiger partial charge in [0.1, 0.15) is 0 Å². The van der Waals surface area contributed by atoms with E-state index in [0.717, 1.165) is 61.3 Å². The third-order valence-electron chi connectivity index (χ3n) is 5.99. The van der Waals surface area contributed by atoms with Crippen molar-refractivity contribution in [3.63, 3.8) is 0 Å². The lowest BCUT2D eigenvalue weighted by molar-refractivity contribution is 0.0748. The summed E-state index contributed by atoms with van der Waals surface area (Å²) in [5.41, 5.74) is 3.87. The topological polar surface area (TPSA) is 54.3 Å². The molecule has 1 saturated carbocycles. The zero-order valence-corrected chi connectivity index (χ0v) is 17.1. The second kappa shape index (κ2) is 7.17. The average Bonchev–Trinajstić information content (AvgIpc) is 3.52. The largest absolute Gasteiger partial charge is 0.368 e. The van der Waals surface area contributed by atoms with Crippen molar-refractivity contribution in [2.24, 2.45) is 0 Å². The Morgan fingerprint density at radius 1 is 1.07 bits per heavy atom. The molecule has 5 rings (SSSR count). The van der Waals surface area contributed by atoms with Crippen molar-refractivity contribution in [2.45, 2.75) is 38.6 Å². The molecule has 0 unspecified atom stereocenters. The number of anilines is 1. The van der Waals surface area contributed by atoms with Gasteiger partial charge < -0.3 is 9.80 Å². The van der Waals surface area contributed by atoms with Crippen LogP contribution in [0.4, 0.5) is 5.69 Å². The van der Waals surface area contributed by atoms with Crippen molar-refractivity contribution in [2.75, 3.05) is 31.1 Å². The molecule has 0 atom stereocenters. The number of aromatic nitrogens is 3. The number of nitrogens with zero attached hydrogens (tertiary/aromatic N) is 5. The van der Waals surface area contributed by atoms with Gasteiger partial charge in [0.2, 0.25) is 0 Å². The molecule has 2 aliphatic rings. The maximum atomic E-state index is 13.5. The first kappa shape index (κ1) is 18.2. The number of pyridine rings is 1. The second-order valence-electron chi connectivity index (χ2n) is 8.40. The lowest BCUT2D eigenvalue weighted by Gasteiger charge is -2.36. The summed E-state index contributed by atoms with van der Waals surface area (Å²) >= 11 is 0. The van der Waals surface area contributed by atoms with Crippen LogP contribution in [-0.2, 0) is 0 Å². The smallest absolute Gasteiger partial charge is 0.254 e. The minimum absolute atomic E-state index is 0.107. The molecule has 0 radical (unpaired) electrons. The summed E-state index contributed by atoms with van der Waals surface area (Å²) in [7, 11) is 0. The van der Waals surface area contributed by atoms with Crippen LogP contribution in [0.5, 0.6) is 0 Å². The Labute approximate surface area is 171 Å². The first-order valence-corrected chi connectivity index (χ1v) is 10.6. The molecule has 1 aromatic carbocycles. The van der Waals surface area contributed by atoms with Gasteiger partial charge >= 0.3 is 0 Å². The third kappa shape index (κ3) is 3.37. The standard InChI is InChI=1S/C23H27N5O/c1-16(2)28-22-20(15-24-28)19(14-21(25-22)17-8-9-17)23(29)27-12-10-26(11-13-27)18-6-4-3-5-7-18/h3-7,14-17H,8-13H2,1-2H3. The highest BCUT2D eigenvalue weighted by Gasteiger charge is 2.30. The molecular weight excluding hydrogens is 362 g/mol. The number of hydrogen-bond acceptors (Lipinski definition) is 4. The zero-order chi connectivity index (χ0) is 20.0. The Bertz CT molecular complexity index is 1030. The van der Waals surface area contributed by atoms with Crippen molar-refractivity contribution in [3.8, 4) is 0 Å². The van der Waals surface area contributed by atoms with Gasteiger partial charge in [0.15, 0.2) is 5.65 Å². The number of para-hydroxylation sites is 1. The Morgan fingerprint density at radius 2 is 1.79 bits per heavy atom. The highest BCUT2D eigenvalue weighted by molar-refractivity contribution is 6.05. The monoisotopic (exact) mass is 389 g/mol. The molecule has 6 heteroatoms. The Morgan fingerprint density at radius 3 is 2.45 bits per heavy atom. The fraction of sp³-hybridized carbons (Fsp3) is 0.435. The summed E-state index contributed by atoms with van der Waals surface area (Å²) in [6, 6.07) is 12.7. The van der Waals surface area contributed by atoms with E-state index in [9.17, 15) is 4.79 Å². The lowest BCUT2D eigenvalue weighted by atomic mass is 10.1. The van der Waals surface area contributed by atoms with Crippen molar-refractivity contribution >= 4 is 22.6 Å². The van der Waals surface area contributed by atoms with Gasteiger partial charge in [-0.05, 0) is 44.9 Å². The first-order valence-electron chi connectivity index (χ1n) is 10.6. The quantitative estimate of drug-likeness (QED) is 0.680. The molecule has 1 amide bonds. The second-order valence-corrected chi connectivity index (χ2v) is 8.40.